The maximum Gasteiger partial charge on any atom is 0.265 e. The molecule has 0 fully saturated rings. The maximum absolute atomic E-state index is 12.0. The van der Waals surface area contributed by atoms with E-state index in [1.54, 1.807) is 0 Å². The Bertz CT molecular complexity index is 546. The Labute approximate surface area is 120 Å². The number of carbonyl (C=O) groups is 1. The van der Waals surface area contributed by atoms with Crippen molar-refractivity contribution in [3.63, 3.8) is 0 Å². The van der Waals surface area contributed by atoms with Gasteiger partial charge in [-0.15, -0.1) is 11.3 Å². The Hall–Kier alpha value is -0.650. The minimum Gasteiger partial charge on any atom is -0.321 e. The van der Waals surface area contributed by atoms with Crippen molar-refractivity contribution in [2.24, 2.45) is 0 Å². The SMILES string of the molecule is Cc1ccccc1NC(=O)c1cc(Br)c(Br)s1. The lowest BCUT2D eigenvalue weighted by atomic mass is 10.2. The summed E-state index contributed by atoms with van der Waals surface area (Å²) < 4.78 is 1.82. The van der Waals surface area contributed by atoms with Crippen LogP contribution in [-0.4, -0.2) is 5.91 Å². The van der Waals surface area contributed by atoms with Gasteiger partial charge in [0.2, 0.25) is 0 Å². The number of rotatable bonds is 2. The molecule has 0 atom stereocenters. The summed E-state index contributed by atoms with van der Waals surface area (Å²) in [6.45, 7) is 1.97. The fourth-order valence-corrected chi connectivity index (χ4v) is 3.29. The molecule has 1 heterocycles. The average Bonchev–Trinajstić information content (AvgIpc) is 2.63. The van der Waals surface area contributed by atoms with Gasteiger partial charge in [-0.1, -0.05) is 18.2 Å². The number of anilines is 1. The molecule has 88 valence electrons. The number of amides is 1. The van der Waals surface area contributed by atoms with E-state index in [0.29, 0.717) is 4.88 Å². The number of nitrogens with one attached hydrogen (secondary N) is 1. The maximum atomic E-state index is 12.0. The molecule has 0 aliphatic heterocycles. The van der Waals surface area contributed by atoms with Crippen LogP contribution in [0.3, 0.4) is 0 Å². The van der Waals surface area contributed by atoms with Crippen molar-refractivity contribution >= 4 is 54.8 Å². The lowest BCUT2D eigenvalue weighted by molar-refractivity contribution is 0.103. The molecule has 1 N–H and O–H groups in total. The van der Waals surface area contributed by atoms with Crippen LogP contribution in [0.15, 0.2) is 38.6 Å². The second-order valence-electron chi connectivity index (χ2n) is 3.50. The summed E-state index contributed by atoms with van der Waals surface area (Å²) in [5.74, 6) is -0.0873. The van der Waals surface area contributed by atoms with Gasteiger partial charge in [-0.2, -0.15) is 0 Å². The van der Waals surface area contributed by atoms with Crippen molar-refractivity contribution in [2.75, 3.05) is 5.32 Å². The van der Waals surface area contributed by atoms with Crippen LogP contribution in [0.4, 0.5) is 5.69 Å². The van der Waals surface area contributed by atoms with Crippen LogP contribution in [0.5, 0.6) is 0 Å². The van der Waals surface area contributed by atoms with Gasteiger partial charge in [0.1, 0.15) is 0 Å². The Morgan fingerprint density at radius 1 is 1.29 bits per heavy atom. The number of hydrogen-bond acceptors (Lipinski definition) is 2. The van der Waals surface area contributed by atoms with Crippen LogP contribution < -0.4 is 5.32 Å². The second kappa shape index (κ2) is 5.33. The van der Waals surface area contributed by atoms with E-state index in [1.165, 1.54) is 11.3 Å². The molecule has 0 aliphatic carbocycles. The first-order valence-electron chi connectivity index (χ1n) is 4.90. The van der Waals surface area contributed by atoms with Crippen molar-refractivity contribution in [1.29, 1.82) is 0 Å². The van der Waals surface area contributed by atoms with E-state index in [2.05, 4.69) is 37.2 Å². The van der Waals surface area contributed by atoms with Gasteiger partial charge in [0.15, 0.2) is 0 Å². The van der Waals surface area contributed by atoms with Crippen LogP contribution in [0.2, 0.25) is 0 Å². The number of para-hydroxylation sites is 1. The highest BCUT2D eigenvalue weighted by atomic mass is 79.9. The first kappa shape index (κ1) is 12.8. The summed E-state index contributed by atoms with van der Waals surface area (Å²) in [7, 11) is 0. The average molecular weight is 375 g/mol. The summed E-state index contributed by atoms with van der Waals surface area (Å²) in [6.07, 6.45) is 0. The number of hydrogen-bond donors (Lipinski definition) is 1. The van der Waals surface area contributed by atoms with Crippen molar-refractivity contribution in [3.05, 3.63) is 49.0 Å². The molecule has 0 spiro atoms. The Morgan fingerprint density at radius 3 is 2.59 bits per heavy atom. The molecule has 0 unspecified atom stereocenters. The van der Waals surface area contributed by atoms with Gasteiger partial charge >= 0.3 is 0 Å². The van der Waals surface area contributed by atoms with Crippen LogP contribution in [0, 0.1) is 6.92 Å². The molecule has 5 heteroatoms. The van der Waals surface area contributed by atoms with E-state index in [9.17, 15) is 4.79 Å². The van der Waals surface area contributed by atoms with E-state index in [1.807, 2.05) is 37.3 Å². The molecule has 17 heavy (non-hydrogen) atoms. The topological polar surface area (TPSA) is 29.1 Å². The highest BCUT2D eigenvalue weighted by Crippen LogP contribution is 2.32. The second-order valence-corrected chi connectivity index (χ2v) is 6.73. The lowest BCUT2D eigenvalue weighted by Crippen LogP contribution is -2.10. The largest absolute Gasteiger partial charge is 0.321 e. The fourth-order valence-electron chi connectivity index (χ4n) is 1.36. The highest BCUT2D eigenvalue weighted by molar-refractivity contribution is 9.13. The molecular formula is C12H9Br2NOS. The molecule has 0 bridgehead atoms. The van der Waals surface area contributed by atoms with Crippen LogP contribution in [0.1, 0.15) is 15.2 Å². The zero-order valence-electron chi connectivity index (χ0n) is 8.96. The van der Waals surface area contributed by atoms with Crippen molar-refractivity contribution in [3.8, 4) is 0 Å². The number of benzene rings is 1. The minimum atomic E-state index is -0.0873. The van der Waals surface area contributed by atoms with Gasteiger partial charge in [0.25, 0.3) is 5.91 Å². The molecular weight excluding hydrogens is 366 g/mol. The van der Waals surface area contributed by atoms with Crippen LogP contribution >= 0.6 is 43.2 Å². The third-order valence-electron chi connectivity index (χ3n) is 2.26. The van der Waals surface area contributed by atoms with Crippen molar-refractivity contribution in [2.45, 2.75) is 6.92 Å². The van der Waals surface area contributed by atoms with Gasteiger partial charge in [-0.25, -0.2) is 0 Å². The first-order chi connectivity index (χ1) is 8.08. The number of halogens is 2. The Kier molecular flexibility index (Phi) is 4.01. The molecule has 0 saturated carbocycles. The molecule has 0 saturated heterocycles. The van der Waals surface area contributed by atoms with E-state index < -0.39 is 0 Å². The molecule has 0 aliphatic rings. The van der Waals surface area contributed by atoms with E-state index >= 15 is 0 Å². The number of aryl methyl sites for hydroxylation is 1. The molecule has 2 rings (SSSR count). The predicted molar refractivity (Wildman–Crippen MR) is 78.9 cm³/mol. The quantitative estimate of drug-likeness (QED) is 0.800. The summed E-state index contributed by atoms with van der Waals surface area (Å²) in [5, 5.41) is 2.90. The molecule has 2 aromatic rings. The smallest absolute Gasteiger partial charge is 0.265 e. The first-order valence-corrected chi connectivity index (χ1v) is 7.30. The number of thiophene rings is 1. The van der Waals surface area contributed by atoms with Gasteiger partial charge in [-0.3, -0.25) is 4.79 Å². The standard InChI is InChI=1S/C12H9Br2NOS/c1-7-4-2-3-5-9(7)15-12(16)10-6-8(13)11(14)17-10/h2-6H,1H3,(H,15,16). The van der Waals surface area contributed by atoms with E-state index in [0.717, 1.165) is 19.5 Å². The Balaban J connectivity index is 2.20. The normalized spacial score (nSPS) is 10.3. The van der Waals surface area contributed by atoms with Crippen molar-refractivity contribution in [1.82, 2.24) is 0 Å². The van der Waals surface area contributed by atoms with Gasteiger partial charge in [0.05, 0.1) is 8.66 Å². The summed E-state index contributed by atoms with van der Waals surface area (Å²) in [5.41, 5.74) is 1.90. The van der Waals surface area contributed by atoms with Gasteiger partial charge in [0, 0.05) is 10.2 Å². The predicted octanol–water partition coefficient (Wildman–Crippen LogP) is 4.83. The summed E-state index contributed by atoms with van der Waals surface area (Å²) >= 11 is 8.15. The minimum absolute atomic E-state index is 0.0873. The third-order valence-corrected chi connectivity index (χ3v) is 5.52. The fraction of sp³-hybridized carbons (Fsp3) is 0.0833. The third kappa shape index (κ3) is 2.97. The zero-order chi connectivity index (χ0) is 12.4. The molecule has 1 aromatic heterocycles. The van der Waals surface area contributed by atoms with Gasteiger partial charge in [-0.05, 0) is 56.5 Å². The summed E-state index contributed by atoms with van der Waals surface area (Å²) in [4.78, 5) is 12.7. The molecule has 0 radical (unpaired) electrons. The zero-order valence-corrected chi connectivity index (χ0v) is 12.9. The van der Waals surface area contributed by atoms with Crippen LogP contribution in [-0.2, 0) is 0 Å². The van der Waals surface area contributed by atoms with Crippen molar-refractivity contribution < 1.29 is 4.79 Å². The highest BCUT2D eigenvalue weighted by Gasteiger charge is 2.12. The summed E-state index contributed by atoms with van der Waals surface area (Å²) in [6, 6.07) is 9.52. The monoisotopic (exact) mass is 373 g/mol. The Morgan fingerprint density at radius 2 is 2.00 bits per heavy atom. The lowest BCUT2D eigenvalue weighted by Gasteiger charge is -2.06. The molecule has 1 aromatic carbocycles. The molecule has 2 nitrogen and oxygen atoms in total. The van der Waals surface area contributed by atoms with Gasteiger partial charge < -0.3 is 5.32 Å². The molecule has 1 amide bonds. The van der Waals surface area contributed by atoms with Crippen LogP contribution in [0.25, 0.3) is 0 Å². The number of carbonyl (C=O) groups excluding carboxylic acids is 1. The van der Waals surface area contributed by atoms with E-state index in [-0.39, 0.29) is 5.91 Å². The van der Waals surface area contributed by atoms with E-state index in [4.69, 9.17) is 0 Å².